The van der Waals surface area contributed by atoms with Crippen LogP contribution in [0.2, 0.25) is 0 Å². The highest BCUT2D eigenvalue weighted by atomic mass is 16.2. The van der Waals surface area contributed by atoms with Crippen molar-refractivity contribution < 1.29 is 9.59 Å². The fourth-order valence-corrected chi connectivity index (χ4v) is 5.80. The Balaban J connectivity index is 1.45. The number of carbonyl (C=O) groups excluding carboxylic acids is 2. The number of aromatic amines is 1. The predicted octanol–water partition coefficient (Wildman–Crippen LogP) is 5.83. The number of hydrogen-bond donors (Lipinski definition) is 2. The Morgan fingerprint density at radius 1 is 0.886 bits per heavy atom. The number of amides is 2. The number of fused-ring (bicyclic) bond motifs is 2. The first-order valence-electron chi connectivity index (χ1n) is 12.6. The summed E-state index contributed by atoms with van der Waals surface area (Å²) < 4.78 is 0. The lowest BCUT2D eigenvalue weighted by Crippen LogP contribution is -2.44. The van der Waals surface area contributed by atoms with Crippen LogP contribution < -0.4 is 5.32 Å². The van der Waals surface area contributed by atoms with Gasteiger partial charge < -0.3 is 15.2 Å². The van der Waals surface area contributed by atoms with Gasteiger partial charge in [-0.2, -0.15) is 0 Å². The van der Waals surface area contributed by atoms with Crippen LogP contribution in [-0.2, 0) is 4.79 Å². The van der Waals surface area contributed by atoms with Gasteiger partial charge in [0.2, 0.25) is 5.91 Å². The van der Waals surface area contributed by atoms with Crippen LogP contribution in [0.3, 0.4) is 0 Å². The molecule has 1 fully saturated rings. The van der Waals surface area contributed by atoms with E-state index in [2.05, 4.69) is 34.6 Å². The van der Waals surface area contributed by atoms with E-state index in [0.717, 1.165) is 59.0 Å². The molecular formula is C30H29N3O2. The van der Waals surface area contributed by atoms with Gasteiger partial charge in [-0.05, 0) is 36.1 Å². The summed E-state index contributed by atoms with van der Waals surface area (Å²) in [6, 6.07) is 26.0. The number of nitrogens with one attached hydrogen (secondary N) is 2. The quantitative estimate of drug-likeness (QED) is 0.391. The van der Waals surface area contributed by atoms with E-state index in [1.807, 2.05) is 54.6 Å². The zero-order valence-electron chi connectivity index (χ0n) is 19.7. The summed E-state index contributed by atoms with van der Waals surface area (Å²) in [5, 5.41) is 4.27. The molecule has 1 aromatic heterocycles. The second-order valence-electron chi connectivity index (χ2n) is 9.65. The minimum atomic E-state index is -0.345. The second kappa shape index (κ2) is 9.06. The Labute approximate surface area is 205 Å². The van der Waals surface area contributed by atoms with Crippen molar-refractivity contribution in [3.63, 3.8) is 0 Å². The fraction of sp³-hybridized carbons (Fsp3) is 0.267. The molecule has 176 valence electrons. The third kappa shape index (κ3) is 3.91. The molecule has 2 amide bonds. The molecule has 1 aliphatic heterocycles. The third-order valence-corrected chi connectivity index (χ3v) is 7.42. The van der Waals surface area contributed by atoms with Crippen molar-refractivity contribution in [2.24, 2.45) is 0 Å². The average molecular weight is 464 g/mol. The van der Waals surface area contributed by atoms with Crippen molar-refractivity contribution in [1.29, 1.82) is 0 Å². The van der Waals surface area contributed by atoms with Crippen LogP contribution in [-0.4, -0.2) is 34.3 Å². The molecule has 0 bridgehead atoms. The van der Waals surface area contributed by atoms with Crippen LogP contribution >= 0.6 is 0 Å². The minimum Gasteiger partial charge on any atom is -0.354 e. The molecule has 35 heavy (non-hydrogen) atoms. The van der Waals surface area contributed by atoms with Gasteiger partial charge in [-0.1, -0.05) is 86.0 Å². The summed E-state index contributed by atoms with van der Waals surface area (Å²) >= 11 is 0. The van der Waals surface area contributed by atoms with Crippen molar-refractivity contribution in [1.82, 2.24) is 15.2 Å². The van der Waals surface area contributed by atoms with Gasteiger partial charge in [-0.25, -0.2) is 0 Å². The number of hydrogen-bond acceptors (Lipinski definition) is 2. The summed E-state index contributed by atoms with van der Waals surface area (Å²) in [6.45, 7) is 0.0441. The highest BCUT2D eigenvalue weighted by molar-refractivity contribution is 6.03. The Morgan fingerprint density at radius 3 is 2.43 bits per heavy atom. The average Bonchev–Trinajstić information content (AvgIpc) is 3.40. The predicted molar refractivity (Wildman–Crippen MR) is 138 cm³/mol. The number of nitrogens with zero attached hydrogens (tertiary/aromatic N) is 1. The number of benzene rings is 3. The first-order valence-corrected chi connectivity index (χ1v) is 12.6. The summed E-state index contributed by atoms with van der Waals surface area (Å²) in [5.41, 5.74) is 5.72. The molecule has 5 heteroatoms. The van der Waals surface area contributed by atoms with Crippen molar-refractivity contribution in [2.45, 2.75) is 44.2 Å². The molecular weight excluding hydrogens is 434 g/mol. The monoisotopic (exact) mass is 463 g/mol. The van der Waals surface area contributed by atoms with E-state index in [1.54, 1.807) is 4.90 Å². The minimum absolute atomic E-state index is 0.0441. The van der Waals surface area contributed by atoms with E-state index in [4.69, 9.17) is 0 Å². The highest BCUT2D eigenvalue weighted by Crippen LogP contribution is 2.45. The van der Waals surface area contributed by atoms with Gasteiger partial charge in [0.25, 0.3) is 5.91 Å². The van der Waals surface area contributed by atoms with Crippen LogP contribution in [0, 0.1) is 0 Å². The van der Waals surface area contributed by atoms with Crippen molar-refractivity contribution in [3.05, 3.63) is 95.6 Å². The van der Waals surface area contributed by atoms with Crippen LogP contribution in [0.4, 0.5) is 0 Å². The molecule has 2 heterocycles. The summed E-state index contributed by atoms with van der Waals surface area (Å²) in [5.74, 6) is -0.169. The SMILES string of the molecule is O=C(CN1C(=O)c2ccccc2[C@@H]1c1c(-c2ccccc2)[nH]c2ccccc12)NC1CCCCC1. The molecule has 0 radical (unpaired) electrons. The maximum absolute atomic E-state index is 13.6. The largest absolute Gasteiger partial charge is 0.354 e. The molecule has 0 spiro atoms. The number of rotatable bonds is 5. The van der Waals surface area contributed by atoms with E-state index < -0.39 is 0 Å². The summed E-state index contributed by atoms with van der Waals surface area (Å²) in [4.78, 5) is 32.2. The molecule has 6 rings (SSSR count). The van der Waals surface area contributed by atoms with Gasteiger partial charge in [0.1, 0.15) is 6.54 Å². The van der Waals surface area contributed by atoms with Gasteiger partial charge in [0.05, 0.1) is 11.7 Å². The van der Waals surface area contributed by atoms with E-state index in [0.29, 0.717) is 5.56 Å². The van der Waals surface area contributed by atoms with Crippen molar-refractivity contribution >= 4 is 22.7 Å². The van der Waals surface area contributed by atoms with E-state index in [1.165, 1.54) is 6.42 Å². The first kappa shape index (κ1) is 21.7. The van der Waals surface area contributed by atoms with Gasteiger partial charge in [-0.3, -0.25) is 9.59 Å². The Hall–Kier alpha value is -3.86. The van der Waals surface area contributed by atoms with Crippen LogP contribution in [0.1, 0.15) is 59.6 Å². The first-order chi connectivity index (χ1) is 17.2. The number of para-hydroxylation sites is 1. The lowest BCUT2D eigenvalue weighted by atomic mass is 9.93. The maximum atomic E-state index is 13.6. The molecule has 3 aromatic carbocycles. The molecule has 1 aliphatic carbocycles. The molecule has 1 saturated carbocycles. The lowest BCUT2D eigenvalue weighted by Gasteiger charge is -2.28. The van der Waals surface area contributed by atoms with E-state index in [-0.39, 0.29) is 30.4 Å². The fourth-order valence-electron chi connectivity index (χ4n) is 5.80. The van der Waals surface area contributed by atoms with Crippen LogP contribution in [0.25, 0.3) is 22.2 Å². The van der Waals surface area contributed by atoms with Gasteiger partial charge in [-0.15, -0.1) is 0 Å². The van der Waals surface area contributed by atoms with Crippen molar-refractivity contribution in [2.75, 3.05) is 6.54 Å². The zero-order chi connectivity index (χ0) is 23.8. The summed E-state index contributed by atoms with van der Waals surface area (Å²) in [6.07, 6.45) is 5.57. The second-order valence-corrected chi connectivity index (χ2v) is 9.65. The Bertz CT molecular complexity index is 1390. The highest BCUT2D eigenvalue weighted by Gasteiger charge is 2.41. The number of aromatic nitrogens is 1. The number of carbonyl (C=O) groups is 2. The Morgan fingerprint density at radius 2 is 1.60 bits per heavy atom. The van der Waals surface area contributed by atoms with E-state index in [9.17, 15) is 9.59 Å². The molecule has 2 N–H and O–H groups in total. The van der Waals surface area contributed by atoms with Gasteiger partial charge in [0.15, 0.2) is 0 Å². The topological polar surface area (TPSA) is 65.2 Å². The zero-order valence-corrected chi connectivity index (χ0v) is 19.7. The van der Waals surface area contributed by atoms with Crippen LogP contribution in [0.5, 0.6) is 0 Å². The Kier molecular flexibility index (Phi) is 5.61. The molecule has 0 saturated heterocycles. The molecule has 0 unspecified atom stereocenters. The molecule has 1 atom stereocenters. The van der Waals surface area contributed by atoms with Crippen LogP contribution in [0.15, 0.2) is 78.9 Å². The van der Waals surface area contributed by atoms with Gasteiger partial charge in [0, 0.05) is 28.1 Å². The van der Waals surface area contributed by atoms with E-state index >= 15 is 0 Å². The lowest BCUT2D eigenvalue weighted by molar-refractivity contribution is -0.122. The van der Waals surface area contributed by atoms with Gasteiger partial charge >= 0.3 is 0 Å². The summed E-state index contributed by atoms with van der Waals surface area (Å²) in [7, 11) is 0. The third-order valence-electron chi connectivity index (χ3n) is 7.42. The van der Waals surface area contributed by atoms with Crippen molar-refractivity contribution in [3.8, 4) is 11.3 Å². The smallest absolute Gasteiger partial charge is 0.255 e. The molecule has 2 aliphatic rings. The number of H-pyrrole nitrogens is 1. The standard InChI is InChI=1S/C30H29N3O2/c34-26(31-21-13-5-2-6-14-21)19-33-29(22-15-7-8-16-23(22)30(33)35)27-24-17-9-10-18-25(24)32-28(27)20-11-3-1-4-12-20/h1,3-4,7-12,15-18,21,29,32H,2,5-6,13-14,19H2,(H,31,34)/t29-/m1/s1. The maximum Gasteiger partial charge on any atom is 0.255 e. The molecule has 5 nitrogen and oxygen atoms in total. The normalized spacial score (nSPS) is 18.1. The molecule has 4 aromatic rings.